The molecule has 0 heterocycles. The minimum Gasteiger partial charge on any atom is -0.0625 e. The summed E-state index contributed by atoms with van der Waals surface area (Å²) in [5.74, 6) is 4.24. The molecule has 0 aromatic heterocycles. The molecule has 0 aliphatic heterocycles. The Hall–Kier alpha value is -3.12. The van der Waals surface area contributed by atoms with Gasteiger partial charge in [0.25, 0.3) is 0 Å². The summed E-state index contributed by atoms with van der Waals surface area (Å²) < 4.78 is 0. The van der Waals surface area contributed by atoms with Gasteiger partial charge in [-0.2, -0.15) is 0 Å². The summed E-state index contributed by atoms with van der Waals surface area (Å²) in [5, 5.41) is 0. The number of hydrogen-bond acceptors (Lipinski definition) is 0. The fraction of sp³-hybridized carbons (Fsp3) is 0.586. The van der Waals surface area contributed by atoms with Gasteiger partial charge in [-0.1, -0.05) is 201 Å². The molecule has 3 saturated carbocycles. The number of benzene rings is 4. The van der Waals surface area contributed by atoms with Crippen LogP contribution in [0.4, 0.5) is 0 Å². The first-order valence-corrected chi connectivity index (χ1v) is 23.5. The lowest BCUT2D eigenvalue weighted by atomic mass is 9.65. The van der Waals surface area contributed by atoms with Crippen molar-refractivity contribution in [1.29, 1.82) is 0 Å². The van der Waals surface area contributed by atoms with Crippen molar-refractivity contribution < 1.29 is 0 Å². The highest BCUT2D eigenvalue weighted by Crippen LogP contribution is 2.45. The van der Waals surface area contributed by atoms with E-state index in [0.717, 1.165) is 30.1 Å². The van der Waals surface area contributed by atoms with Crippen LogP contribution in [0.25, 0.3) is 0 Å². The molecule has 3 aliphatic rings. The van der Waals surface area contributed by atoms with Crippen molar-refractivity contribution in [2.75, 3.05) is 0 Å². The minimum absolute atomic E-state index is 0.613. The van der Waals surface area contributed by atoms with E-state index in [-0.39, 0.29) is 0 Å². The summed E-state index contributed by atoms with van der Waals surface area (Å²) >= 11 is 0. The molecule has 4 aromatic rings. The second-order valence-corrected chi connectivity index (χ2v) is 21.1. The molecular weight excluding hydrogens is 697 g/mol. The average Bonchev–Trinajstić information content (AvgIpc) is 3.16. The zero-order valence-corrected chi connectivity index (χ0v) is 40.3. The van der Waals surface area contributed by atoms with E-state index in [1.807, 2.05) is 0 Å². The summed E-state index contributed by atoms with van der Waals surface area (Å²) in [6.45, 7) is 31.5. The molecular formula is C58H88. The summed E-state index contributed by atoms with van der Waals surface area (Å²) in [6.07, 6.45) is 20.5. The Labute approximate surface area is 360 Å². The highest BCUT2D eigenvalue weighted by atomic mass is 14.4. The van der Waals surface area contributed by atoms with Crippen LogP contribution in [0, 0.1) is 89.9 Å². The van der Waals surface area contributed by atoms with Crippen LogP contribution < -0.4 is 0 Å². The lowest BCUT2D eigenvalue weighted by Crippen LogP contribution is -2.28. The molecule has 0 saturated heterocycles. The van der Waals surface area contributed by atoms with Gasteiger partial charge in [0.15, 0.2) is 0 Å². The highest BCUT2D eigenvalue weighted by molar-refractivity contribution is 5.32. The van der Waals surface area contributed by atoms with E-state index in [9.17, 15) is 0 Å². The topological polar surface area (TPSA) is 0 Å². The van der Waals surface area contributed by atoms with Crippen molar-refractivity contribution in [3.05, 3.63) is 141 Å². The second kappa shape index (κ2) is 24.2. The number of aryl methyl sites for hydroxylation is 7. The van der Waals surface area contributed by atoms with Crippen LogP contribution in [0.3, 0.4) is 0 Å². The van der Waals surface area contributed by atoms with Crippen molar-refractivity contribution >= 4 is 0 Å². The fourth-order valence-electron chi connectivity index (χ4n) is 9.56. The van der Waals surface area contributed by atoms with Crippen molar-refractivity contribution in [2.24, 2.45) is 34.5 Å². The van der Waals surface area contributed by atoms with Crippen molar-refractivity contribution in [2.45, 2.75) is 187 Å². The van der Waals surface area contributed by atoms with E-state index in [2.05, 4.69) is 182 Å². The first kappa shape index (κ1) is 49.2. The standard InChI is InChI=1S/C15H28.C15H16.C10H20.2C9H12/c2*1-12-3-7-14(8-4-12)11-15-9-5-13(2)6-10-15;1-9(2)6-5-7-10(3,4)8-9;1-7-4-5-8(2)9(3)6-7;1-7-5-4-6-8(2)9(7)3/h12-15H,3-11H2,1-2H3;3-10H,11H2,1-2H3;5-8H2,1-4H3;2*4-6H,1-3H3. The highest BCUT2D eigenvalue weighted by Gasteiger charge is 2.32. The summed E-state index contributed by atoms with van der Waals surface area (Å²) in [4.78, 5) is 0. The Balaban J connectivity index is 0.000000198. The van der Waals surface area contributed by atoms with Gasteiger partial charge >= 0.3 is 0 Å². The molecule has 0 unspecified atom stereocenters. The third kappa shape index (κ3) is 19.3. The predicted molar refractivity (Wildman–Crippen MR) is 259 cm³/mol. The zero-order valence-electron chi connectivity index (χ0n) is 40.3. The Morgan fingerprint density at radius 3 is 1.17 bits per heavy atom. The van der Waals surface area contributed by atoms with Crippen LogP contribution in [-0.4, -0.2) is 0 Å². The van der Waals surface area contributed by atoms with Crippen LogP contribution in [0.1, 0.15) is 181 Å². The van der Waals surface area contributed by atoms with Gasteiger partial charge in [-0.05, 0) is 161 Å². The molecule has 7 rings (SSSR count). The first-order chi connectivity index (χ1) is 27.3. The van der Waals surface area contributed by atoms with Gasteiger partial charge in [-0.15, -0.1) is 0 Å². The molecule has 0 nitrogen and oxygen atoms in total. The molecule has 0 bridgehead atoms. The lowest BCUT2D eigenvalue weighted by molar-refractivity contribution is 0.116. The molecule has 58 heavy (non-hydrogen) atoms. The van der Waals surface area contributed by atoms with Crippen LogP contribution in [-0.2, 0) is 6.42 Å². The maximum Gasteiger partial charge on any atom is -0.00258 e. The van der Waals surface area contributed by atoms with Gasteiger partial charge in [0.1, 0.15) is 0 Å². The Kier molecular flexibility index (Phi) is 20.6. The number of rotatable bonds is 4. The summed E-state index contributed by atoms with van der Waals surface area (Å²) in [7, 11) is 0. The fourth-order valence-corrected chi connectivity index (χ4v) is 9.56. The Morgan fingerprint density at radius 1 is 0.448 bits per heavy atom. The molecule has 4 aromatic carbocycles. The molecule has 3 aliphatic carbocycles. The van der Waals surface area contributed by atoms with Crippen LogP contribution in [0.2, 0.25) is 0 Å². The SMILES string of the molecule is CC1(C)CCCC(C)(C)C1.CC1CCC(CC2CCC(C)CC2)CC1.Cc1ccc(C)c(C)c1.Cc1ccc(Cc2ccc(C)cc2)cc1.Cc1cccc(C)c1C. The van der Waals surface area contributed by atoms with Gasteiger partial charge in [0.2, 0.25) is 0 Å². The zero-order chi connectivity index (χ0) is 42.9. The summed E-state index contributed by atoms with van der Waals surface area (Å²) in [6, 6.07) is 30.4. The molecule has 0 spiro atoms. The van der Waals surface area contributed by atoms with Crippen LogP contribution in [0.5, 0.6) is 0 Å². The minimum atomic E-state index is 0.613. The van der Waals surface area contributed by atoms with E-state index in [4.69, 9.17) is 0 Å². The molecule has 0 N–H and O–H groups in total. The van der Waals surface area contributed by atoms with Crippen molar-refractivity contribution in [3.63, 3.8) is 0 Å². The molecule has 0 amide bonds. The number of hydrogen-bond donors (Lipinski definition) is 0. The lowest BCUT2D eigenvalue weighted by Gasteiger charge is -2.40. The van der Waals surface area contributed by atoms with Crippen LogP contribution in [0.15, 0.2) is 84.9 Å². The molecule has 320 valence electrons. The third-order valence-corrected chi connectivity index (χ3v) is 13.8. The van der Waals surface area contributed by atoms with E-state index in [0.29, 0.717) is 10.8 Å². The van der Waals surface area contributed by atoms with E-state index < -0.39 is 0 Å². The van der Waals surface area contributed by atoms with Gasteiger partial charge in [0.05, 0.1) is 0 Å². The molecule has 3 fully saturated rings. The van der Waals surface area contributed by atoms with Crippen molar-refractivity contribution in [3.8, 4) is 0 Å². The van der Waals surface area contributed by atoms with Crippen molar-refractivity contribution in [1.82, 2.24) is 0 Å². The van der Waals surface area contributed by atoms with Gasteiger partial charge in [-0.3, -0.25) is 0 Å². The smallest absolute Gasteiger partial charge is 0.00258 e. The van der Waals surface area contributed by atoms with Crippen LogP contribution >= 0.6 is 0 Å². The quantitative estimate of drug-likeness (QED) is 0.193. The molecule has 0 radical (unpaired) electrons. The monoisotopic (exact) mass is 785 g/mol. The predicted octanol–water partition coefficient (Wildman–Crippen LogP) is 17.8. The average molecular weight is 785 g/mol. The third-order valence-electron chi connectivity index (χ3n) is 13.8. The first-order valence-electron chi connectivity index (χ1n) is 23.5. The van der Waals surface area contributed by atoms with Gasteiger partial charge in [0, 0.05) is 0 Å². The van der Waals surface area contributed by atoms with Gasteiger partial charge < -0.3 is 0 Å². The largest absolute Gasteiger partial charge is 0.0625 e. The van der Waals surface area contributed by atoms with E-state index in [1.165, 1.54) is 133 Å². The van der Waals surface area contributed by atoms with E-state index >= 15 is 0 Å². The Morgan fingerprint density at radius 2 is 0.845 bits per heavy atom. The normalized spacial score (nSPS) is 21.9. The maximum atomic E-state index is 2.43. The maximum absolute atomic E-state index is 2.43. The second-order valence-electron chi connectivity index (χ2n) is 21.1. The summed E-state index contributed by atoms with van der Waals surface area (Å²) in [5.41, 5.74) is 14.9. The van der Waals surface area contributed by atoms with E-state index in [1.54, 1.807) is 6.42 Å². The molecule has 0 atom stereocenters. The Bertz CT molecular complexity index is 1620. The molecule has 0 heteroatoms. The van der Waals surface area contributed by atoms with Gasteiger partial charge in [-0.25, -0.2) is 0 Å².